The van der Waals surface area contributed by atoms with Gasteiger partial charge in [0.05, 0.1) is 19.3 Å². The van der Waals surface area contributed by atoms with E-state index in [4.69, 9.17) is 50.8 Å². The van der Waals surface area contributed by atoms with Gasteiger partial charge in [-0.1, -0.05) is 0 Å². The van der Waals surface area contributed by atoms with Crippen LogP contribution in [0.4, 0.5) is 16.0 Å². The first-order valence-corrected chi connectivity index (χ1v) is 16.1. The summed E-state index contributed by atoms with van der Waals surface area (Å²) >= 11 is 5.21. The molecule has 4 aromatic heterocycles. The zero-order valence-electron chi connectivity index (χ0n) is 21.2. The highest BCUT2D eigenvalue weighted by Gasteiger charge is 2.52. The van der Waals surface area contributed by atoms with Gasteiger partial charge in [-0.3, -0.25) is 13.7 Å². The first-order valence-electron chi connectivity index (χ1n) is 12.4. The average molecular weight is 643 g/mol. The van der Waals surface area contributed by atoms with Crippen molar-refractivity contribution in [3.63, 3.8) is 0 Å². The third kappa shape index (κ3) is 4.92. The van der Waals surface area contributed by atoms with Crippen LogP contribution in [0.3, 0.4) is 0 Å². The second-order valence-corrected chi connectivity index (χ2v) is 13.2. The molecule has 0 amide bonds. The van der Waals surface area contributed by atoms with Crippen molar-refractivity contribution in [2.45, 2.75) is 49.5 Å². The molecule has 3 aliphatic rings. The number of alkyl halides is 1. The van der Waals surface area contributed by atoms with E-state index >= 15 is 4.39 Å². The number of nitrogens with two attached hydrogens (primary N) is 2. The molecule has 22 heteroatoms. The number of aromatic nitrogens is 8. The molecular formula is C20H22FN10O8P2S+. The summed E-state index contributed by atoms with van der Waals surface area (Å²) in [6, 6.07) is 0. The Kier molecular flexibility index (Phi) is 7.09. The molecule has 0 saturated carbocycles. The van der Waals surface area contributed by atoms with Crippen molar-refractivity contribution in [3.05, 3.63) is 25.3 Å². The highest BCUT2D eigenvalue weighted by atomic mass is 32.5. The van der Waals surface area contributed by atoms with E-state index in [9.17, 15) is 9.46 Å². The molecule has 0 bridgehead atoms. The number of imidazole rings is 2. The van der Waals surface area contributed by atoms with Crippen molar-refractivity contribution in [2.75, 3.05) is 24.7 Å². The number of fused-ring (bicyclic) bond motifs is 4. The molecule has 0 aliphatic carbocycles. The third-order valence-electron chi connectivity index (χ3n) is 7.03. The molecule has 3 aliphatic heterocycles. The molecular weight excluding hydrogens is 621 g/mol. The SMILES string of the molecule is Nc1ncnc2c1ncn2[C@@H]1O[C@@H]2CO[P+](=O)O[C@H]3C[C@H](n4cnc5c(N)ncnc54)O[C@@H]3COP(O)(=S)O[C@H]2[C@H]1F. The zero-order chi connectivity index (χ0) is 29.2. The van der Waals surface area contributed by atoms with Gasteiger partial charge in [0.2, 0.25) is 0 Å². The first kappa shape index (κ1) is 27.9. The molecule has 7 rings (SSSR count). The number of nitrogens with zero attached hydrogens (tertiary/aromatic N) is 8. The Balaban J connectivity index is 1.12. The van der Waals surface area contributed by atoms with Gasteiger partial charge in [0.25, 0.3) is 0 Å². The lowest BCUT2D eigenvalue weighted by atomic mass is 10.1. The van der Waals surface area contributed by atoms with Crippen molar-refractivity contribution in [1.29, 1.82) is 0 Å². The smallest absolute Gasteiger partial charge is 0.382 e. The quantitative estimate of drug-likeness (QED) is 0.259. The third-order valence-corrected chi connectivity index (χ3v) is 9.39. The summed E-state index contributed by atoms with van der Waals surface area (Å²) in [5, 5.41) is 0. The minimum atomic E-state index is -4.07. The number of rotatable bonds is 2. The van der Waals surface area contributed by atoms with E-state index in [1.807, 2.05) is 0 Å². The maximum atomic E-state index is 15.9. The fourth-order valence-electron chi connectivity index (χ4n) is 5.07. The van der Waals surface area contributed by atoms with Gasteiger partial charge in [0.1, 0.15) is 60.9 Å². The number of anilines is 2. The van der Waals surface area contributed by atoms with Crippen LogP contribution in [0.15, 0.2) is 25.3 Å². The minimum Gasteiger partial charge on any atom is -0.382 e. The molecule has 42 heavy (non-hydrogen) atoms. The van der Waals surface area contributed by atoms with E-state index in [1.165, 1.54) is 29.9 Å². The Labute approximate surface area is 240 Å². The summed E-state index contributed by atoms with van der Waals surface area (Å²) in [6.45, 7) is -4.83. The van der Waals surface area contributed by atoms with Gasteiger partial charge in [-0.25, -0.2) is 34.3 Å². The molecule has 0 spiro atoms. The Hall–Kier alpha value is -2.90. The van der Waals surface area contributed by atoms with Crippen LogP contribution in [0.1, 0.15) is 18.9 Å². The monoisotopic (exact) mass is 643 g/mol. The predicted octanol–water partition coefficient (Wildman–Crippen LogP) is 1.04. The molecule has 18 nitrogen and oxygen atoms in total. The molecule has 222 valence electrons. The lowest BCUT2D eigenvalue weighted by Gasteiger charge is -2.25. The van der Waals surface area contributed by atoms with Gasteiger partial charge in [0.15, 0.2) is 35.3 Å². The summed E-state index contributed by atoms with van der Waals surface area (Å²) in [5.41, 5.74) is 13.0. The van der Waals surface area contributed by atoms with Crippen molar-refractivity contribution in [2.24, 2.45) is 0 Å². The average Bonchev–Trinajstić information content (AvgIpc) is 3.72. The highest BCUT2D eigenvalue weighted by molar-refractivity contribution is 8.07. The Morgan fingerprint density at radius 3 is 2.33 bits per heavy atom. The van der Waals surface area contributed by atoms with Crippen LogP contribution in [0.25, 0.3) is 22.3 Å². The van der Waals surface area contributed by atoms with Gasteiger partial charge in [0, 0.05) is 11.0 Å². The summed E-state index contributed by atoms with van der Waals surface area (Å²) < 4.78 is 65.9. The standard InChI is InChI=1S/C20H21FN10O8P2S/c21-12-15-10(37-20(12)31-7-29-14-17(23)25-5-27-19(14)31)2-34-40(32)38-8-1-11(36-9(8)3-35-41(33,42)39-15)30-6-28-13-16(22)24-4-26-18(13)30/h4-12,15,20H,1-3H2,(H4-,22,23,24,25,26,27,33,42)/p+1/t8-,9+,10+,11+,12+,15+,20+,41?/m0/s1. The second kappa shape index (κ2) is 10.7. The van der Waals surface area contributed by atoms with Gasteiger partial charge in [-0.2, -0.15) is 0 Å². The largest absolute Gasteiger partial charge is 0.697 e. The number of hydrogen-bond acceptors (Lipinski definition) is 16. The normalized spacial score (nSPS) is 35.1. The molecule has 0 radical (unpaired) electrons. The summed E-state index contributed by atoms with van der Waals surface area (Å²) in [4.78, 5) is 35.4. The summed E-state index contributed by atoms with van der Waals surface area (Å²) in [7, 11) is -2.74. The first-order chi connectivity index (χ1) is 20.2. The second-order valence-electron chi connectivity index (χ2n) is 9.54. The molecule has 9 atom stereocenters. The molecule has 3 fully saturated rings. The fraction of sp³-hybridized carbons (Fsp3) is 0.500. The lowest BCUT2D eigenvalue weighted by molar-refractivity contribution is -0.0554. The van der Waals surface area contributed by atoms with Gasteiger partial charge in [-0.05, 0) is 11.8 Å². The molecule has 0 aromatic carbocycles. The molecule has 3 saturated heterocycles. The number of hydrogen-bond donors (Lipinski definition) is 3. The van der Waals surface area contributed by atoms with Crippen LogP contribution in [-0.4, -0.2) is 87.7 Å². The number of ether oxygens (including phenoxy) is 2. The molecule has 4 aromatic rings. The summed E-state index contributed by atoms with van der Waals surface area (Å²) in [5.74, 6) is 0.289. The minimum absolute atomic E-state index is 0.0975. The Bertz CT molecular complexity index is 1730. The lowest BCUT2D eigenvalue weighted by Crippen LogP contribution is -2.35. The maximum Gasteiger partial charge on any atom is 0.697 e. The van der Waals surface area contributed by atoms with E-state index in [1.54, 1.807) is 4.57 Å². The van der Waals surface area contributed by atoms with E-state index in [0.29, 0.717) is 11.2 Å². The maximum absolute atomic E-state index is 15.9. The molecule has 5 N–H and O–H groups in total. The van der Waals surface area contributed by atoms with E-state index in [2.05, 4.69) is 29.9 Å². The molecule has 7 heterocycles. The predicted molar refractivity (Wildman–Crippen MR) is 143 cm³/mol. The van der Waals surface area contributed by atoms with E-state index in [-0.39, 0.29) is 35.8 Å². The number of nitrogen functional groups attached to an aromatic ring is 2. The van der Waals surface area contributed by atoms with E-state index < -0.39 is 64.6 Å². The van der Waals surface area contributed by atoms with Crippen molar-refractivity contribution >= 4 is 60.7 Å². The number of halogens is 1. The van der Waals surface area contributed by atoms with Crippen LogP contribution >= 0.6 is 15.0 Å². The zero-order valence-corrected chi connectivity index (χ0v) is 23.8. The summed E-state index contributed by atoms with van der Waals surface area (Å²) in [6.07, 6.45) is -2.83. The van der Waals surface area contributed by atoms with Crippen LogP contribution in [-0.2, 0) is 43.9 Å². The Morgan fingerprint density at radius 2 is 1.62 bits per heavy atom. The van der Waals surface area contributed by atoms with Gasteiger partial charge >= 0.3 is 15.0 Å². The van der Waals surface area contributed by atoms with Crippen molar-refractivity contribution in [3.8, 4) is 0 Å². The van der Waals surface area contributed by atoms with Crippen LogP contribution < -0.4 is 11.5 Å². The molecule has 2 unspecified atom stereocenters. The highest BCUT2D eigenvalue weighted by Crippen LogP contribution is 2.51. The fourth-order valence-corrected chi connectivity index (χ4v) is 7.28. The van der Waals surface area contributed by atoms with E-state index in [0.717, 1.165) is 0 Å². The van der Waals surface area contributed by atoms with Crippen LogP contribution in [0, 0.1) is 0 Å². The van der Waals surface area contributed by atoms with Crippen molar-refractivity contribution in [1.82, 2.24) is 39.0 Å². The topological polar surface area (TPSA) is 232 Å². The van der Waals surface area contributed by atoms with Gasteiger partial charge in [-0.15, -0.1) is 9.05 Å². The van der Waals surface area contributed by atoms with Gasteiger partial charge < -0.3 is 30.4 Å². The van der Waals surface area contributed by atoms with Crippen LogP contribution in [0.2, 0.25) is 0 Å². The van der Waals surface area contributed by atoms with Crippen molar-refractivity contribution < 1.29 is 41.4 Å². The Morgan fingerprint density at radius 1 is 0.952 bits per heavy atom. The van der Waals surface area contributed by atoms with Crippen LogP contribution in [0.5, 0.6) is 0 Å².